The highest BCUT2D eigenvalue weighted by Crippen LogP contribution is 2.16. The second kappa shape index (κ2) is 3.67. The summed E-state index contributed by atoms with van der Waals surface area (Å²) in [5, 5.41) is 0. The van der Waals surface area contributed by atoms with Gasteiger partial charge in [0.2, 0.25) is 0 Å². The smallest absolute Gasteiger partial charge is 0.0810 e. The second-order valence-corrected chi connectivity index (χ2v) is 2.36. The maximum absolute atomic E-state index is 5.05. The Morgan fingerprint density at radius 1 is 1.67 bits per heavy atom. The number of hydrogen-bond donors (Lipinski definition) is 0. The van der Waals surface area contributed by atoms with Crippen molar-refractivity contribution < 1.29 is 4.74 Å². The lowest BCUT2D eigenvalue weighted by atomic mass is 10.2. The summed E-state index contributed by atoms with van der Waals surface area (Å²) in [6.07, 6.45) is 8.18. The molecule has 9 heavy (non-hydrogen) atoms. The SMILES string of the molecule is [CH2]C=CCCCC1CO1. The predicted octanol–water partition coefficient (Wildman–Crippen LogP) is 1.95. The van der Waals surface area contributed by atoms with Crippen LogP contribution in [0.4, 0.5) is 0 Å². The van der Waals surface area contributed by atoms with E-state index in [2.05, 4.69) is 13.0 Å². The van der Waals surface area contributed by atoms with Gasteiger partial charge in [0.15, 0.2) is 0 Å². The van der Waals surface area contributed by atoms with Crippen molar-refractivity contribution in [1.82, 2.24) is 0 Å². The molecule has 1 rings (SSSR count). The van der Waals surface area contributed by atoms with Crippen LogP contribution in [0.3, 0.4) is 0 Å². The summed E-state index contributed by atoms with van der Waals surface area (Å²) < 4.78 is 5.05. The normalized spacial score (nSPS) is 25.2. The van der Waals surface area contributed by atoms with Crippen LogP contribution < -0.4 is 0 Å². The van der Waals surface area contributed by atoms with E-state index >= 15 is 0 Å². The van der Waals surface area contributed by atoms with Crippen LogP contribution in [0.15, 0.2) is 12.2 Å². The molecule has 0 spiro atoms. The van der Waals surface area contributed by atoms with Crippen LogP contribution in [0.5, 0.6) is 0 Å². The van der Waals surface area contributed by atoms with E-state index in [0.29, 0.717) is 6.10 Å². The Morgan fingerprint density at radius 2 is 2.44 bits per heavy atom. The van der Waals surface area contributed by atoms with E-state index in [0.717, 1.165) is 13.0 Å². The van der Waals surface area contributed by atoms with Crippen molar-refractivity contribution in [3.05, 3.63) is 19.1 Å². The maximum Gasteiger partial charge on any atom is 0.0810 e. The molecule has 1 aliphatic rings. The molecule has 1 atom stereocenters. The van der Waals surface area contributed by atoms with Gasteiger partial charge in [0, 0.05) is 0 Å². The van der Waals surface area contributed by atoms with Crippen LogP contribution in [0.2, 0.25) is 0 Å². The zero-order valence-electron chi connectivity index (χ0n) is 5.68. The van der Waals surface area contributed by atoms with Gasteiger partial charge in [-0.05, 0) is 26.2 Å². The van der Waals surface area contributed by atoms with E-state index in [1.165, 1.54) is 12.8 Å². The molecule has 1 nitrogen and oxygen atoms in total. The molecule has 0 saturated carbocycles. The van der Waals surface area contributed by atoms with E-state index in [1.807, 2.05) is 6.08 Å². The van der Waals surface area contributed by atoms with E-state index in [9.17, 15) is 0 Å². The summed E-state index contributed by atoms with van der Waals surface area (Å²) in [5.74, 6) is 0. The minimum absolute atomic E-state index is 0.600. The lowest BCUT2D eigenvalue weighted by Gasteiger charge is -1.89. The summed E-state index contributed by atoms with van der Waals surface area (Å²) in [6, 6.07) is 0. The molecule has 51 valence electrons. The third kappa shape index (κ3) is 3.31. The average molecular weight is 125 g/mol. The van der Waals surface area contributed by atoms with Gasteiger partial charge in [0.1, 0.15) is 0 Å². The predicted molar refractivity (Wildman–Crippen MR) is 38.1 cm³/mol. The van der Waals surface area contributed by atoms with Gasteiger partial charge in [-0.15, -0.1) is 0 Å². The van der Waals surface area contributed by atoms with Gasteiger partial charge in [0.25, 0.3) is 0 Å². The minimum atomic E-state index is 0.600. The van der Waals surface area contributed by atoms with Gasteiger partial charge in [-0.1, -0.05) is 12.2 Å². The molecule has 0 aromatic rings. The lowest BCUT2D eigenvalue weighted by molar-refractivity contribution is 0.392. The monoisotopic (exact) mass is 125 g/mol. The molecule has 1 fully saturated rings. The Morgan fingerprint density at radius 3 is 3.00 bits per heavy atom. The fraction of sp³-hybridized carbons (Fsp3) is 0.625. The summed E-state index contributed by atoms with van der Waals surface area (Å²) >= 11 is 0. The average Bonchev–Trinajstić information content (AvgIpc) is 2.63. The number of epoxide rings is 1. The zero-order valence-corrected chi connectivity index (χ0v) is 5.68. The van der Waals surface area contributed by atoms with E-state index in [4.69, 9.17) is 4.74 Å². The molecule has 1 saturated heterocycles. The summed E-state index contributed by atoms with van der Waals surface area (Å²) in [6.45, 7) is 4.60. The van der Waals surface area contributed by atoms with Gasteiger partial charge >= 0.3 is 0 Å². The minimum Gasteiger partial charge on any atom is -0.373 e. The number of ether oxygens (including phenoxy) is 1. The van der Waals surface area contributed by atoms with Crippen LogP contribution in [-0.2, 0) is 4.74 Å². The van der Waals surface area contributed by atoms with Gasteiger partial charge in [-0.3, -0.25) is 0 Å². The molecule has 1 unspecified atom stereocenters. The van der Waals surface area contributed by atoms with Crippen molar-refractivity contribution in [3.8, 4) is 0 Å². The highest BCUT2D eigenvalue weighted by Gasteiger charge is 2.20. The molecular formula is C8H13O. The number of allylic oxidation sites excluding steroid dienone is 2. The molecule has 1 radical (unpaired) electrons. The third-order valence-corrected chi connectivity index (χ3v) is 1.47. The first-order valence-corrected chi connectivity index (χ1v) is 3.49. The first kappa shape index (κ1) is 6.81. The summed E-state index contributed by atoms with van der Waals surface area (Å²) in [4.78, 5) is 0. The van der Waals surface area contributed by atoms with E-state index in [-0.39, 0.29) is 0 Å². The first-order chi connectivity index (χ1) is 4.43. The highest BCUT2D eigenvalue weighted by atomic mass is 16.6. The Bertz CT molecular complexity index is 92.7. The van der Waals surface area contributed by atoms with Gasteiger partial charge in [-0.2, -0.15) is 0 Å². The molecule has 1 heterocycles. The van der Waals surface area contributed by atoms with Crippen molar-refractivity contribution in [3.63, 3.8) is 0 Å². The largest absolute Gasteiger partial charge is 0.373 e. The number of hydrogen-bond acceptors (Lipinski definition) is 1. The van der Waals surface area contributed by atoms with Crippen molar-refractivity contribution in [1.29, 1.82) is 0 Å². The highest BCUT2D eigenvalue weighted by molar-refractivity contribution is 4.84. The Hall–Kier alpha value is -0.300. The van der Waals surface area contributed by atoms with Crippen molar-refractivity contribution in [2.45, 2.75) is 25.4 Å². The van der Waals surface area contributed by atoms with Crippen LogP contribution in [0, 0.1) is 6.92 Å². The molecule has 1 aliphatic heterocycles. The molecule has 0 aromatic carbocycles. The Balaban J connectivity index is 1.81. The van der Waals surface area contributed by atoms with Crippen LogP contribution in [0.25, 0.3) is 0 Å². The van der Waals surface area contributed by atoms with E-state index in [1.54, 1.807) is 0 Å². The molecule has 0 aromatic heterocycles. The van der Waals surface area contributed by atoms with Gasteiger partial charge in [0.05, 0.1) is 12.7 Å². The fourth-order valence-electron chi connectivity index (χ4n) is 0.816. The second-order valence-electron chi connectivity index (χ2n) is 2.36. The third-order valence-electron chi connectivity index (χ3n) is 1.47. The van der Waals surface area contributed by atoms with Crippen LogP contribution in [0.1, 0.15) is 19.3 Å². The summed E-state index contributed by atoms with van der Waals surface area (Å²) in [7, 11) is 0. The van der Waals surface area contributed by atoms with Crippen molar-refractivity contribution >= 4 is 0 Å². The zero-order chi connectivity index (χ0) is 6.53. The van der Waals surface area contributed by atoms with Crippen molar-refractivity contribution in [2.24, 2.45) is 0 Å². The van der Waals surface area contributed by atoms with Crippen molar-refractivity contribution in [2.75, 3.05) is 6.61 Å². The fourth-order valence-corrected chi connectivity index (χ4v) is 0.816. The van der Waals surface area contributed by atoms with Gasteiger partial charge < -0.3 is 4.74 Å². The van der Waals surface area contributed by atoms with Crippen LogP contribution >= 0.6 is 0 Å². The molecule has 1 heteroatoms. The van der Waals surface area contributed by atoms with Gasteiger partial charge in [-0.25, -0.2) is 0 Å². The number of unbranched alkanes of at least 4 members (excludes halogenated alkanes) is 1. The Kier molecular flexibility index (Phi) is 2.78. The lowest BCUT2D eigenvalue weighted by Crippen LogP contribution is -1.82. The van der Waals surface area contributed by atoms with E-state index < -0.39 is 0 Å². The summed E-state index contributed by atoms with van der Waals surface area (Å²) in [5.41, 5.74) is 0. The standard InChI is InChI=1S/C8H13O/c1-2-3-4-5-6-8-7-9-8/h2-3,8H,1,4-7H2. The molecule has 0 N–H and O–H groups in total. The maximum atomic E-state index is 5.05. The Labute approximate surface area is 56.7 Å². The molecular weight excluding hydrogens is 112 g/mol. The first-order valence-electron chi connectivity index (χ1n) is 3.49. The topological polar surface area (TPSA) is 12.5 Å². The number of rotatable bonds is 4. The molecule has 0 aliphatic carbocycles. The van der Waals surface area contributed by atoms with Crippen LogP contribution in [-0.4, -0.2) is 12.7 Å². The molecule has 0 bridgehead atoms. The quantitative estimate of drug-likeness (QED) is 0.413. The molecule has 0 amide bonds.